The zero-order valence-corrected chi connectivity index (χ0v) is 12.9. The molecule has 2 aromatic rings. The van der Waals surface area contributed by atoms with Gasteiger partial charge in [0.05, 0.1) is 7.11 Å². The molecule has 0 radical (unpaired) electrons. The van der Waals surface area contributed by atoms with E-state index >= 15 is 0 Å². The SMILES string of the molecule is COc1cccc(CCC(=O)Nc2cc(Cl)ccc2C)c1. The lowest BCUT2D eigenvalue weighted by Gasteiger charge is -2.09. The van der Waals surface area contributed by atoms with E-state index in [0.29, 0.717) is 17.9 Å². The average molecular weight is 304 g/mol. The molecule has 0 aromatic heterocycles. The summed E-state index contributed by atoms with van der Waals surface area (Å²) in [6, 6.07) is 13.2. The van der Waals surface area contributed by atoms with Gasteiger partial charge < -0.3 is 10.1 Å². The standard InChI is InChI=1S/C17H18ClNO2/c1-12-6-8-14(18)11-16(12)19-17(20)9-7-13-4-3-5-15(10-13)21-2/h3-6,8,10-11H,7,9H2,1-2H3,(H,19,20). The summed E-state index contributed by atoms with van der Waals surface area (Å²) in [5.41, 5.74) is 2.83. The van der Waals surface area contributed by atoms with Gasteiger partial charge >= 0.3 is 0 Å². The lowest BCUT2D eigenvalue weighted by Crippen LogP contribution is -2.13. The van der Waals surface area contributed by atoms with Crippen molar-refractivity contribution in [3.05, 3.63) is 58.6 Å². The first-order chi connectivity index (χ1) is 10.1. The average Bonchev–Trinajstić information content (AvgIpc) is 2.49. The summed E-state index contributed by atoms with van der Waals surface area (Å²) < 4.78 is 5.17. The topological polar surface area (TPSA) is 38.3 Å². The van der Waals surface area contributed by atoms with Crippen LogP contribution in [0.4, 0.5) is 5.69 Å². The molecule has 0 fully saturated rings. The van der Waals surface area contributed by atoms with Gasteiger partial charge in [-0.15, -0.1) is 0 Å². The first kappa shape index (κ1) is 15.4. The molecule has 2 rings (SSSR count). The molecule has 0 saturated carbocycles. The minimum absolute atomic E-state index is 0.0248. The Balaban J connectivity index is 1.94. The summed E-state index contributed by atoms with van der Waals surface area (Å²) in [4.78, 5) is 12.0. The van der Waals surface area contributed by atoms with Crippen LogP contribution in [-0.4, -0.2) is 13.0 Å². The molecule has 0 aliphatic heterocycles. The number of carbonyl (C=O) groups is 1. The molecule has 0 spiro atoms. The molecule has 0 atom stereocenters. The molecule has 0 heterocycles. The molecule has 2 aromatic carbocycles. The van der Waals surface area contributed by atoms with E-state index in [1.807, 2.05) is 43.3 Å². The molecule has 0 bridgehead atoms. The number of rotatable bonds is 5. The van der Waals surface area contributed by atoms with E-state index in [0.717, 1.165) is 22.6 Å². The van der Waals surface area contributed by atoms with Crippen LogP contribution in [-0.2, 0) is 11.2 Å². The third kappa shape index (κ3) is 4.50. The van der Waals surface area contributed by atoms with Gasteiger partial charge in [0.1, 0.15) is 5.75 Å². The van der Waals surface area contributed by atoms with Gasteiger partial charge in [-0.2, -0.15) is 0 Å². The Morgan fingerprint density at radius 3 is 2.81 bits per heavy atom. The van der Waals surface area contributed by atoms with Crippen molar-refractivity contribution in [2.75, 3.05) is 12.4 Å². The van der Waals surface area contributed by atoms with Crippen LogP contribution in [0, 0.1) is 6.92 Å². The van der Waals surface area contributed by atoms with Crippen LogP contribution in [0.3, 0.4) is 0 Å². The Labute approximate surface area is 129 Å². The van der Waals surface area contributed by atoms with E-state index in [4.69, 9.17) is 16.3 Å². The summed E-state index contributed by atoms with van der Waals surface area (Å²) in [5, 5.41) is 3.51. The van der Waals surface area contributed by atoms with Crippen LogP contribution >= 0.6 is 11.6 Å². The van der Waals surface area contributed by atoms with Crippen molar-refractivity contribution in [1.82, 2.24) is 0 Å². The predicted molar refractivity (Wildman–Crippen MR) is 86.1 cm³/mol. The lowest BCUT2D eigenvalue weighted by atomic mass is 10.1. The summed E-state index contributed by atoms with van der Waals surface area (Å²) in [6.07, 6.45) is 1.09. The fourth-order valence-electron chi connectivity index (χ4n) is 2.03. The number of benzene rings is 2. The van der Waals surface area contributed by atoms with Gasteiger partial charge in [-0.3, -0.25) is 4.79 Å². The molecule has 3 nitrogen and oxygen atoms in total. The molecule has 0 unspecified atom stereocenters. The lowest BCUT2D eigenvalue weighted by molar-refractivity contribution is -0.116. The van der Waals surface area contributed by atoms with Gasteiger partial charge in [-0.05, 0) is 48.7 Å². The van der Waals surface area contributed by atoms with Crippen molar-refractivity contribution in [2.45, 2.75) is 19.8 Å². The second kappa shape index (κ2) is 7.14. The van der Waals surface area contributed by atoms with Gasteiger partial charge in [0.2, 0.25) is 5.91 Å². The fraction of sp³-hybridized carbons (Fsp3) is 0.235. The summed E-state index contributed by atoms with van der Waals surface area (Å²) in [7, 11) is 1.63. The van der Waals surface area contributed by atoms with Crippen molar-refractivity contribution >= 4 is 23.2 Å². The van der Waals surface area contributed by atoms with Crippen molar-refractivity contribution in [2.24, 2.45) is 0 Å². The largest absolute Gasteiger partial charge is 0.497 e. The summed E-state index contributed by atoms with van der Waals surface area (Å²) in [5.74, 6) is 0.779. The van der Waals surface area contributed by atoms with Gasteiger partial charge in [-0.25, -0.2) is 0 Å². The van der Waals surface area contributed by atoms with Crippen LogP contribution in [0.1, 0.15) is 17.5 Å². The smallest absolute Gasteiger partial charge is 0.224 e. The normalized spacial score (nSPS) is 10.2. The molecule has 0 aliphatic carbocycles. The van der Waals surface area contributed by atoms with Gasteiger partial charge in [0.25, 0.3) is 0 Å². The van der Waals surface area contributed by atoms with Crippen molar-refractivity contribution in [3.8, 4) is 5.75 Å². The predicted octanol–water partition coefficient (Wildman–Crippen LogP) is 4.23. The molecular formula is C17H18ClNO2. The van der Waals surface area contributed by atoms with Crippen LogP contribution < -0.4 is 10.1 Å². The van der Waals surface area contributed by atoms with E-state index in [9.17, 15) is 4.79 Å². The first-order valence-electron chi connectivity index (χ1n) is 6.77. The Bertz CT molecular complexity index is 640. The zero-order valence-electron chi connectivity index (χ0n) is 12.2. The number of nitrogens with one attached hydrogen (secondary N) is 1. The maximum Gasteiger partial charge on any atom is 0.224 e. The third-order valence-corrected chi connectivity index (χ3v) is 3.48. The van der Waals surface area contributed by atoms with E-state index in [2.05, 4.69) is 5.32 Å². The van der Waals surface area contributed by atoms with Crippen LogP contribution in [0.25, 0.3) is 0 Å². The van der Waals surface area contributed by atoms with Crippen molar-refractivity contribution in [3.63, 3.8) is 0 Å². The monoisotopic (exact) mass is 303 g/mol. The summed E-state index contributed by atoms with van der Waals surface area (Å²) >= 11 is 5.94. The molecule has 0 saturated heterocycles. The van der Waals surface area contributed by atoms with Gasteiger partial charge in [0.15, 0.2) is 0 Å². The number of carbonyl (C=O) groups excluding carboxylic acids is 1. The number of methoxy groups -OCH3 is 1. The highest BCUT2D eigenvalue weighted by Crippen LogP contribution is 2.20. The van der Waals surface area contributed by atoms with Crippen molar-refractivity contribution in [1.29, 1.82) is 0 Å². The number of anilines is 1. The van der Waals surface area contributed by atoms with Crippen molar-refractivity contribution < 1.29 is 9.53 Å². The van der Waals surface area contributed by atoms with Crippen LogP contribution in [0.2, 0.25) is 5.02 Å². The summed E-state index contributed by atoms with van der Waals surface area (Å²) in [6.45, 7) is 1.94. The molecule has 4 heteroatoms. The highest BCUT2D eigenvalue weighted by molar-refractivity contribution is 6.31. The Morgan fingerprint density at radius 1 is 1.24 bits per heavy atom. The molecule has 1 N–H and O–H groups in total. The minimum atomic E-state index is -0.0248. The van der Waals surface area contributed by atoms with Gasteiger partial charge in [0, 0.05) is 17.1 Å². The Morgan fingerprint density at radius 2 is 2.05 bits per heavy atom. The number of ether oxygens (including phenoxy) is 1. The third-order valence-electron chi connectivity index (χ3n) is 3.25. The van der Waals surface area contributed by atoms with Crippen LogP contribution in [0.15, 0.2) is 42.5 Å². The maximum absolute atomic E-state index is 12.0. The maximum atomic E-state index is 12.0. The number of aryl methyl sites for hydroxylation is 2. The van der Waals surface area contributed by atoms with Crippen LogP contribution in [0.5, 0.6) is 5.75 Å². The number of hydrogen-bond donors (Lipinski definition) is 1. The number of halogens is 1. The first-order valence-corrected chi connectivity index (χ1v) is 7.15. The Hall–Kier alpha value is -2.00. The number of hydrogen-bond acceptors (Lipinski definition) is 2. The molecule has 110 valence electrons. The van der Waals surface area contributed by atoms with Gasteiger partial charge in [-0.1, -0.05) is 29.8 Å². The molecule has 1 amide bonds. The molecule has 0 aliphatic rings. The van der Waals surface area contributed by atoms with E-state index in [-0.39, 0.29) is 5.91 Å². The highest BCUT2D eigenvalue weighted by Gasteiger charge is 2.06. The second-order valence-corrected chi connectivity index (χ2v) is 5.30. The fourth-order valence-corrected chi connectivity index (χ4v) is 2.20. The number of amides is 1. The van der Waals surface area contributed by atoms with E-state index in [1.54, 1.807) is 13.2 Å². The quantitative estimate of drug-likeness (QED) is 0.897. The Kier molecular flexibility index (Phi) is 5.23. The molecular weight excluding hydrogens is 286 g/mol. The molecule has 21 heavy (non-hydrogen) atoms. The second-order valence-electron chi connectivity index (χ2n) is 4.86. The zero-order chi connectivity index (χ0) is 15.2. The van der Waals surface area contributed by atoms with E-state index in [1.165, 1.54) is 0 Å². The minimum Gasteiger partial charge on any atom is -0.497 e. The highest BCUT2D eigenvalue weighted by atomic mass is 35.5. The van der Waals surface area contributed by atoms with E-state index < -0.39 is 0 Å².